The highest BCUT2D eigenvalue weighted by atomic mass is 31.2. The van der Waals surface area contributed by atoms with Gasteiger partial charge in [-0.15, -0.1) is 0 Å². The lowest BCUT2D eigenvalue weighted by atomic mass is 9.70. The van der Waals surface area contributed by atoms with Crippen molar-refractivity contribution in [2.24, 2.45) is 11.8 Å². The summed E-state index contributed by atoms with van der Waals surface area (Å²) < 4.78 is 38.4. The van der Waals surface area contributed by atoms with Crippen LogP contribution >= 0.6 is 7.67 Å². The van der Waals surface area contributed by atoms with E-state index in [1.54, 1.807) is 18.4 Å². The topological polar surface area (TPSA) is 242 Å². The van der Waals surface area contributed by atoms with Gasteiger partial charge in [0.2, 0.25) is 5.95 Å². The molecule has 18 heteroatoms. The third-order valence-electron chi connectivity index (χ3n) is 8.00. The van der Waals surface area contributed by atoms with Gasteiger partial charge in [0, 0.05) is 6.42 Å². The number of nitrogens with zero attached hydrogens (tertiary/aromatic N) is 3. The van der Waals surface area contributed by atoms with Crippen LogP contribution in [0, 0.1) is 11.8 Å². The Morgan fingerprint density at radius 1 is 1.15 bits per heavy atom. The number of carbonyl (C=O) groups excluding carboxylic acids is 2. The number of nitrogens with one attached hydrogen (secondary N) is 3. The van der Waals surface area contributed by atoms with Gasteiger partial charge in [0.15, 0.2) is 11.2 Å². The Kier molecular flexibility index (Phi) is 11.3. The van der Waals surface area contributed by atoms with Crippen LogP contribution in [0.2, 0.25) is 0 Å². The first-order valence-electron chi connectivity index (χ1n) is 15.5. The highest BCUT2D eigenvalue weighted by Crippen LogP contribution is 2.53. The van der Waals surface area contributed by atoms with Crippen LogP contribution in [0.15, 0.2) is 11.1 Å². The number of esters is 2. The van der Waals surface area contributed by atoms with Crippen molar-refractivity contribution < 1.29 is 43.1 Å². The van der Waals surface area contributed by atoms with E-state index in [-0.39, 0.29) is 61.4 Å². The number of nitrogen functional groups attached to an aromatic ring is 1. The van der Waals surface area contributed by atoms with Crippen LogP contribution in [0.4, 0.5) is 5.95 Å². The van der Waals surface area contributed by atoms with Crippen LogP contribution in [0.1, 0.15) is 66.8 Å². The lowest BCUT2D eigenvalue weighted by Gasteiger charge is -2.47. The molecule has 2 fully saturated rings. The molecular weight excluding hydrogens is 625 g/mol. The van der Waals surface area contributed by atoms with E-state index in [1.807, 2.05) is 27.7 Å². The molecule has 1 saturated carbocycles. The zero-order valence-electron chi connectivity index (χ0n) is 27.0. The quantitative estimate of drug-likeness (QED) is 0.107. The summed E-state index contributed by atoms with van der Waals surface area (Å²) in [6, 6.07) is -2.68. The van der Waals surface area contributed by atoms with Crippen molar-refractivity contribution in [1.82, 2.24) is 29.7 Å². The molecule has 46 heavy (non-hydrogen) atoms. The number of imidazole rings is 1. The number of anilines is 1. The molecule has 7 atom stereocenters. The number of nitrogens with two attached hydrogens (primary N) is 1. The number of carbonyl (C=O) groups is 2. The zero-order chi connectivity index (χ0) is 34.0. The van der Waals surface area contributed by atoms with Crippen LogP contribution in [-0.4, -0.2) is 97.5 Å². The fraction of sp³-hybridized carbons (Fsp3) is 0.750. The molecule has 0 radical (unpaired) electrons. The third-order valence-corrected chi connectivity index (χ3v) is 9.82. The number of aliphatic hydroxyl groups is 2. The number of aliphatic hydroxyl groups excluding tert-OH is 1. The van der Waals surface area contributed by atoms with Gasteiger partial charge in [-0.1, -0.05) is 27.7 Å². The second kappa shape index (κ2) is 14.5. The molecule has 0 spiro atoms. The van der Waals surface area contributed by atoms with Crippen molar-refractivity contribution in [3.8, 4) is 0 Å². The minimum absolute atomic E-state index is 0.00616. The van der Waals surface area contributed by atoms with E-state index in [2.05, 4.69) is 25.1 Å². The van der Waals surface area contributed by atoms with Crippen LogP contribution in [0.25, 0.3) is 11.2 Å². The van der Waals surface area contributed by atoms with Crippen LogP contribution < -0.4 is 21.5 Å². The van der Waals surface area contributed by atoms with E-state index in [4.69, 9.17) is 24.5 Å². The number of hydrogen-bond donors (Lipinski definition) is 6. The molecule has 17 nitrogen and oxygen atoms in total. The Balaban J connectivity index is 1.57. The zero-order valence-corrected chi connectivity index (χ0v) is 27.9. The normalized spacial score (nSPS) is 25.8. The van der Waals surface area contributed by atoms with Gasteiger partial charge in [-0.25, -0.2) is 15.2 Å². The predicted molar refractivity (Wildman–Crippen MR) is 165 cm³/mol. The molecule has 3 heterocycles. The fourth-order valence-electron chi connectivity index (χ4n) is 5.91. The van der Waals surface area contributed by atoms with Gasteiger partial charge in [-0.05, 0) is 38.5 Å². The largest absolute Gasteiger partial charge is 0.465 e. The van der Waals surface area contributed by atoms with Crippen molar-refractivity contribution in [1.29, 1.82) is 0 Å². The average molecular weight is 672 g/mol. The van der Waals surface area contributed by atoms with E-state index in [1.165, 1.54) is 6.33 Å². The lowest BCUT2D eigenvalue weighted by Crippen LogP contribution is -2.61. The van der Waals surface area contributed by atoms with Gasteiger partial charge >= 0.3 is 19.6 Å². The van der Waals surface area contributed by atoms with E-state index < -0.39 is 73.8 Å². The first-order valence-corrected chi connectivity index (χ1v) is 17.2. The summed E-state index contributed by atoms with van der Waals surface area (Å²) in [5.41, 5.74) is 3.75. The van der Waals surface area contributed by atoms with Gasteiger partial charge in [0.25, 0.3) is 5.56 Å². The Morgan fingerprint density at radius 3 is 2.24 bits per heavy atom. The molecule has 1 aliphatic carbocycles. The standard InChI is InChI=1S/C28H46N7O10P/c1-7-42-25(38)16(9-14(3)4)33-46(41,34-17(10-15(5)6)26(39)43-8-2)44-12-19-21(36)28(40)11-18(22(28)45-19)35-13-30-20-23(35)31-27(29)32-24(20)37/h13-19,21-22,36,40H,7-12H2,1-6H3,(H2,33,34,41)(H3,29,31,32,37)/t16-,17-,18?,19+,21?,22-,28?/m0/s1. The van der Waals surface area contributed by atoms with Crippen LogP contribution in [0.5, 0.6) is 0 Å². The molecule has 7 N–H and O–H groups in total. The summed E-state index contributed by atoms with van der Waals surface area (Å²) in [4.78, 5) is 48.6. The fourth-order valence-corrected chi connectivity index (χ4v) is 7.73. The van der Waals surface area contributed by atoms with Crippen molar-refractivity contribution in [2.75, 3.05) is 25.6 Å². The minimum atomic E-state index is -4.28. The van der Waals surface area contributed by atoms with E-state index in [0.717, 1.165) is 0 Å². The number of hydrogen-bond acceptors (Lipinski definition) is 13. The maximum atomic E-state index is 14.5. The molecule has 258 valence electrons. The van der Waals surface area contributed by atoms with Crippen LogP contribution in [-0.2, 0) is 32.9 Å². The second-order valence-electron chi connectivity index (χ2n) is 12.6. The smallest absolute Gasteiger partial charge is 0.342 e. The van der Waals surface area contributed by atoms with E-state index in [0.29, 0.717) is 0 Å². The maximum absolute atomic E-state index is 14.5. The van der Waals surface area contributed by atoms with Gasteiger partial charge in [-0.2, -0.15) is 4.98 Å². The van der Waals surface area contributed by atoms with Gasteiger partial charge in [0.05, 0.1) is 32.2 Å². The molecule has 4 rings (SSSR count). The summed E-state index contributed by atoms with van der Waals surface area (Å²) in [7, 11) is -4.28. The highest BCUT2D eigenvalue weighted by molar-refractivity contribution is 7.54. The predicted octanol–water partition coefficient (Wildman–Crippen LogP) is 0.766. The van der Waals surface area contributed by atoms with Crippen molar-refractivity contribution >= 4 is 36.7 Å². The summed E-state index contributed by atoms with van der Waals surface area (Å²) >= 11 is 0. The Bertz CT molecular complexity index is 1460. The van der Waals surface area contributed by atoms with Crippen molar-refractivity contribution in [3.63, 3.8) is 0 Å². The molecule has 0 aromatic carbocycles. The SMILES string of the molecule is CCOC(=O)[C@H](CC(C)C)NP(=O)(N[C@@H](CC(C)C)C(=O)OCC)OC[C@H]1O[C@H]2C(n3cnc4c(=O)[nH]c(N)nc43)CC2(O)C1O. The van der Waals surface area contributed by atoms with Gasteiger partial charge in [-0.3, -0.25) is 23.9 Å². The minimum Gasteiger partial charge on any atom is -0.465 e. The van der Waals surface area contributed by atoms with E-state index in [9.17, 15) is 29.2 Å². The first-order chi connectivity index (χ1) is 21.6. The monoisotopic (exact) mass is 671 g/mol. The number of aromatic nitrogens is 4. The molecule has 2 aliphatic rings. The number of H-pyrrole nitrogens is 1. The molecule has 0 amide bonds. The van der Waals surface area contributed by atoms with Gasteiger partial charge in [0.1, 0.15) is 36.0 Å². The molecular formula is C28H46N7O10P. The summed E-state index contributed by atoms with van der Waals surface area (Å²) in [5, 5.41) is 28.0. The maximum Gasteiger partial charge on any atom is 0.342 e. The van der Waals surface area contributed by atoms with Crippen molar-refractivity contribution in [2.45, 2.75) is 103 Å². The van der Waals surface area contributed by atoms with Crippen LogP contribution in [0.3, 0.4) is 0 Å². The summed E-state index contributed by atoms with van der Waals surface area (Å²) in [5.74, 6) is -1.42. The number of rotatable bonds is 16. The Hall–Kier alpha value is -2.92. The average Bonchev–Trinajstić information content (AvgIpc) is 3.45. The third kappa shape index (κ3) is 7.62. The Labute approximate surface area is 266 Å². The number of fused-ring (bicyclic) bond motifs is 2. The molecule has 0 bridgehead atoms. The highest BCUT2D eigenvalue weighted by Gasteiger charge is 2.66. The van der Waals surface area contributed by atoms with Gasteiger partial charge < -0.3 is 39.2 Å². The molecule has 1 saturated heterocycles. The Morgan fingerprint density at radius 2 is 1.72 bits per heavy atom. The molecule has 2 aromatic rings. The summed E-state index contributed by atoms with van der Waals surface area (Å²) in [6.45, 7) is 10.5. The second-order valence-corrected chi connectivity index (χ2v) is 14.4. The van der Waals surface area contributed by atoms with E-state index >= 15 is 0 Å². The number of ether oxygens (including phenoxy) is 3. The molecule has 3 unspecified atom stereocenters. The number of aromatic amines is 1. The lowest BCUT2D eigenvalue weighted by molar-refractivity contribution is -0.170. The van der Waals surface area contributed by atoms with Crippen molar-refractivity contribution in [3.05, 3.63) is 16.7 Å². The molecule has 1 aliphatic heterocycles. The first kappa shape index (κ1) is 35.9. The summed E-state index contributed by atoms with van der Waals surface area (Å²) in [6.07, 6.45) is -1.67. The molecule has 2 aromatic heterocycles.